The first-order chi connectivity index (χ1) is 16.4. The molecule has 8 nitrogen and oxygen atoms in total. The summed E-state index contributed by atoms with van der Waals surface area (Å²) < 4.78 is 11.8. The molecule has 0 aliphatic carbocycles. The number of carbonyl (C=O) groups is 2. The molecule has 172 valence electrons. The third-order valence-corrected chi connectivity index (χ3v) is 5.31. The van der Waals surface area contributed by atoms with Crippen molar-refractivity contribution >= 4 is 39.9 Å². The fraction of sp³-hybridized carbons (Fsp3) is 0.120. The normalized spacial score (nSPS) is 11.6. The number of rotatable bonds is 6. The van der Waals surface area contributed by atoms with Crippen LogP contribution in [0.15, 0.2) is 77.6 Å². The number of anilines is 1. The van der Waals surface area contributed by atoms with Crippen LogP contribution in [0.2, 0.25) is 5.02 Å². The Kier molecular flexibility index (Phi) is 6.60. The van der Waals surface area contributed by atoms with E-state index in [1.807, 2.05) is 0 Å². The fourth-order valence-electron chi connectivity index (χ4n) is 3.37. The van der Waals surface area contributed by atoms with Gasteiger partial charge >= 0.3 is 5.97 Å². The van der Waals surface area contributed by atoms with Gasteiger partial charge in [0.1, 0.15) is 5.75 Å². The SMILES string of the molecule is COc1ccc(Cl)cc1NC(=O)C(C)OC(=O)c1nn(-c2ccccc2)c(=O)c2ccccc12. The minimum absolute atomic E-state index is 0.0842. The van der Waals surface area contributed by atoms with Crippen LogP contribution in [-0.4, -0.2) is 34.9 Å². The first-order valence-corrected chi connectivity index (χ1v) is 10.7. The van der Waals surface area contributed by atoms with Crippen molar-refractivity contribution in [1.29, 1.82) is 0 Å². The van der Waals surface area contributed by atoms with Gasteiger partial charge in [-0.25, -0.2) is 4.79 Å². The minimum atomic E-state index is -1.17. The van der Waals surface area contributed by atoms with Gasteiger partial charge in [0.15, 0.2) is 11.8 Å². The topological polar surface area (TPSA) is 99.5 Å². The van der Waals surface area contributed by atoms with Crippen LogP contribution < -0.4 is 15.6 Å². The van der Waals surface area contributed by atoms with Gasteiger partial charge in [-0.05, 0) is 43.3 Å². The zero-order valence-electron chi connectivity index (χ0n) is 18.3. The molecule has 4 rings (SSSR count). The van der Waals surface area contributed by atoms with Gasteiger partial charge in [0.05, 0.1) is 23.9 Å². The largest absolute Gasteiger partial charge is 0.495 e. The maximum Gasteiger partial charge on any atom is 0.360 e. The van der Waals surface area contributed by atoms with E-state index in [0.29, 0.717) is 32.9 Å². The number of hydrogen-bond donors (Lipinski definition) is 1. The second-order valence-electron chi connectivity index (χ2n) is 7.33. The van der Waals surface area contributed by atoms with Gasteiger partial charge in [-0.3, -0.25) is 9.59 Å². The summed E-state index contributed by atoms with van der Waals surface area (Å²) >= 11 is 6.01. The number of para-hydroxylation sites is 1. The summed E-state index contributed by atoms with van der Waals surface area (Å²) in [5.74, 6) is -1.03. The number of esters is 1. The van der Waals surface area contributed by atoms with Crippen molar-refractivity contribution in [2.24, 2.45) is 0 Å². The number of benzene rings is 3. The Morgan fingerprint density at radius 2 is 1.68 bits per heavy atom. The summed E-state index contributed by atoms with van der Waals surface area (Å²) in [5, 5.41) is 7.94. The molecule has 1 atom stereocenters. The standard InChI is InChI=1S/C25H20ClN3O5/c1-15(23(30)27-20-14-16(26)12-13-21(20)33-2)34-25(32)22-18-10-6-7-11-19(18)24(31)29(28-22)17-8-4-3-5-9-17/h3-15H,1-2H3,(H,27,30). The molecule has 9 heteroatoms. The molecule has 34 heavy (non-hydrogen) atoms. The lowest BCUT2D eigenvalue weighted by Crippen LogP contribution is -2.31. The van der Waals surface area contributed by atoms with Gasteiger partial charge in [0.2, 0.25) is 0 Å². The molecule has 0 aliphatic rings. The van der Waals surface area contributed by atoms with E-state index in [1.165, 1.54) is 20.1 Å². The molecule has 0 radical (unpaired) electrons. The number of fused-ring (bicyclic) bond motifs is 1. The molecule has 0 spiro atoms. The Morgan fingerprint density at radius 3 is 2.38 bits per heavy atom. The Balaban J connectivity index is 1.64. The number of nitrogens with one attached hydrogen (secondary N) is 1. The fourth-order valence-corrected chi connectivity index (χ4v) is 3.54. The number of amides is 1. The van der Waals surface area contributed by atoms with E-state index in [2.05, 4.69) is 10.4 Å². The molecule has 1 unspecified atom stereocenters. The number of carbonyl (C=O) groups excluding carboxylic acids is 2. The van der Waals surface area contributed by atoms with Gasteiger partial charge in [0, 0.05) is 10.4 Å². The van der Waals surface area contributed by atoms with Crippen molar-refractivity contribution in [2.75, 3.05) is 12.4 Å². The Morgan fingerprint density at radius 1 is 1.00 bits per heavy atom. The summed E-state index contributed by atoms with van der Waals surface area (Å²) in [7, 11) is 1.46. The summed E-state index contributed by atoms with van der Waals surface area (Å²) in [4.78, 5) is 38.8. The zero-order valence-corrected chi connectivity index (χ0v) is 19.1. The van der Waals surface area contributed by atoms with E-state index in [1.54, 1.807) is 66.7 Å². The van der Waals surface area contributed by atoms with E-state index in [4.69, 9.17) is 21.1 Å². The number of nitrogens with zero attached hydrogens (tertiary/aromatic N) is 2. The second-order valence-corrected chi connectivity index (χ2v) is 7.76. The molecular formula is C25H20ClN3O5. The minimum Gasteiger partial charge on any atom is -0.495 e. The highest BCUT2D eigenvalue weighted by Crippen LogP contribution is 2.28. The van der Waals surface area contributed by atoms with Gasteiger partial charge in [-0.2, -0.15) is 9.78 Å². The van der Waals surface area contributed by atoms with Gasteiger partial charge in [0.25, 0.3) is 11.5 Å². The highest BCUT2D eigenvalue weighted by Gasteiger charge is 2.24. The van der Waals surface area contributed by atoms with Crippen LogP contribution in [0.4, 0.5) is 5.69 Å². The number of halogens is 1. The quantitative estimate of drug-likeness (QED) is 0.417. The van der Waals surface area contributed by atoms with E-state index < -0.39 is 18.0 Å². The molecule has 0 saturated heterocycles. The third kappa shape index (κ3) is 4.62. The first kappa shape index (κ1) is 23.0. The Labute approximate surface area is 199 Å². The van der Waals surface area contributed by atoms with E-state index >= 15 is 0 Å². The molecule has 1 N–H and O–H groups in total. The molecule has 0 saturated carbocycles. The van der Waals surface area contributed by atoms with Gasteiger partial charge < -0.3 is 14.8 Å². The highest BCUT2D eigenvalue weighted by molar-refractivity contribution is 6.31. The smallest absolute Gasteiger partial charge is 0.360 e. The maximum atomic E-state index is 13.1. The van der Waals surface area contributed by atoms with Crippen molar-refractivity contribution in [2.45, 2.75) is 13.0 Å². The lowest BCUT2D eigenvalue weighted by atomic mass is 10.1. The third-order valence-electron chi connectivity index (χ3n) is 5.07. The number of methoxy groups -OCH3 is 1. The highest BCUT2D eigenvalue weighted by atomic mass is 35.5. The summed E-state index contributed by atoms with van der Waals surface area (Å²) in [5.41, 5.74) is 0.367. The lowest BCUT2D eigenvalue weighted by Gasteiger charge is -2.16. The van der Waals surface area contributed by atoms with Crippen LogP contribution >= 0.6 is 11.6 Å². The average Bonchev–Trinajstić information content (AvgIpc) is 2.85. The van der Waals surface area contributed by atoms with Gasteiger partial charge in [-0.15, -0.1) is 0 Å². The molecule has 1 aromatic heterocycles. The van der Waals surface area contributed by atoms with Crippen molar-refractivity contribution in [3.05, 3.63) is 93.9 Å². The number of ether oxygens (including phenoxy) is 2. The first-order valence-electron chi connectivity index (χ1n) is 10.3. The van der Waals surface area contributed by atoms with Crippen LogP contribution in [0, 0.1) is 0 Å². The summed E-state index contributed by atoms with van der Waals surface area (Å²) in [6.45, 7) is 1.43. The monoisotopic (exact) mass is 477 g/mol. The number of aromatic nitrogens is 2. The zero-order chi connectivity index (χ0) is 24.2. The van der Waals surface area contributed by atoms with Crippen molar-refractivity contribution in [3.63, 3.8) is 0 Å². The molecule has 4 aromatic rings. The molecule has 0 fully saturated rings. The van der Waals surface area contributed by atoms with Crippen molar-refractivity contribution in [1.82, 2.24) is 9.78 Å². The maximum absolute atomic E-state index is 13.1. The Bertz CT molecular complexity index is 1440. The van der Waals surface area contributed by atoms with E-state index in [9.17, 15) is 14.4 Å². The molecule has 3 aromatic carbocycles. The summed E-state index contributed by atoms with van der Waals surface area (Å²) in [6.07, 6.45) is -1.17. The van der Waals surface area contributed by atoms with Crippen LogP contribution in [-0.2, 0) is 9.53 Å². The molecule has 1 amide bonds. The van der Waals surface area contributed by atoms with Crippen molar-refractivity contribution < 1.29 is 19.1 Å². The van der Waals surface area contributed by atoms with Gasteiger partial charge in [-0.1, -0.05) is 48.0 Å². The predicted octanol–water partition coefficient (Wildman–Crippen LogP) is 4.23. The molecular weight excluding hydrogens is 458 g/mol. The second kappa shape index (κ2) is 9.76. The number of hydrogen-bond acceptors (Lipinski definition) is 6. The molecule has 1 heterocycles. The van der Waals surface area contributed by atoms with Crippen LogP contribution in [0.25, 0.3) is 16.5 Å². The predicted molar refractivity (Wildman–Crippen MR) is 129 cm³/mol. The summed E-state index contributed by atoms with van der Waals surface area (Å²) in [6, 6.07) is 20.1. The Hall–Kier alpha value is -4.17. The van der Waals surface area contributed by atoms with Crippen LogP contribution in [0.5, 0.6) is 5.75 Å². The molecule has 0 bridgehead atoms. The van der Waals surface area contributed by atoms with Crippen LogP contribution in [0.1, 0.15) is 17.4 Å². The van der Waals surface area contributed by atoms with E-state index in [-0.39, 0.29) is 11.3 Å². The van der Waals surface area contributed by atoms with Crippen molar-refractivity contribution in [3.8, 4) is 11.4 Å². The average molecular weight is 478 g/mol. The van der Waals surface area contributed by atoms with E-state index in [0.717, 1.165) is 4.68 Å². The van der Waals surface area contributed by atoms with Crippen LogP contribution in [0.3, 0.4) is 0 Å². The lowest BCUT2D eigenvalue weighted by molar-refractivity contribution is -0.123. The molecule has 0 aliphatic heterocycles.